The SMILES string of the molecule is Cc1ccc(N(C(=O)Cc2ccc(NC(=O)c3ccc4c(C)c(O)ccc4c3)cc2)c2ccc(C)cc2)cc1. The lowest BCUT2D eigenvalue weighted by Gasteiger charge is -2.23. The van der Waals surface area contributed by atoms with Crippen LogP contribution in [0, 0.1) is 20.8 Å². The van der Waals surface area contributed by atoms with Crippen molar-refractivity contribution in [2.45, 2.75) is 27.2 Å². The predicted octanol–water partition coefficient (Wildman–Crippen LogP) is 7.63. The van der Waals surface area contributed by atoms with Gasteiger partial charge in [-0.3, -0.25) is 14.5 Å². The molecule has 0 aliphatic carbocycles. The minimum absolute atomic E-state index is 0.0445. The van der Waals surface area contributed by atoms with Crippen molar-refractivity contribution in [1.82, 2.24) is 0 Å². The lowest BCUT2D eigenvalue weighted by Crippen LogP contribution is -2.27. The van der Waals surface area contributed by atoms with Crippen LogP contribution in [0.15, 0.2) is 103 Å². The highest BCUT2D eigenvalue weighted by Crippen LogP contribution is 2.29. The number of hydrogen-bond acceptors (Lipinski definition) is 3. The van der Waals surface area contributed by atoms with Gasteiger partial charge >= 0.3 is 0 Å². The summed E-state index contributed by atoms with van der Waals surface area (Å²) in [6.07, 6.45) is 0.215. The highest BCUT2D eigenvalue weighted by molar-refractivity contribution is 6.07. The fourth-order valence-electron chi connectivity index (χ4n) is 4.60. The van der Waals surface area contributed by atoms with Crippen LogP contribution < -0.4 is 10.2 Å². The number of rotatable bonds is 6. The second-order valence-corrected chi connectivity index (χ2v) is 9.87. The molecule has 0 atom stereocenters. The summed E-state index contributed by atoms with van der Waals surface area (Å²) in [5.41, 5.74) is 6.71. The summed E-state index contributed by atoms with van der Waals surface area (Å²) in [4.78, 5) is 28.2. The Bertz CT molecular complexity index is 1610. The van der Waals surface area contributed by atoms with Crippen LogP contribution in [0.5, 0.6) is 5.75 Å². The molecule has 5 nitrogen and oxygen atoms in total. The Morgan fingerprint density at radius 3 is 1.90 bits per heavy atom. The van der Waals surface area contributed by atoms with E-state index in [1.807, 2.05) is 106 Å². The molecule has 0 saturated heterocycles. The Hall–Kier alpha value is -4.90. The first-order chi connectivity index (χ1) is 18.8. The second-order valence-electron chi connectivity index (χ2n) is 9.87. The number of anilines is 3. The van der Waals surface area contributed by atoms with Crippen LogP contribution in [0.1, 0.15) is 32.6 Å². The molecule has 0 heterocycles. The summed E-state index contributed by atoms with van der Waals surface area (Å²) in [5, 5.41) is 14.7. The molecule has 0 saturated carbocycles. The van der Waals surface area contributed by atoms with Gasteiger partial charge in [0.1, 0.15) is 5.75 Å². The fourth-order valence-corrected chi connectivity index (χ4v) is 4.60. The molecule has 0 aromatic heterocycles. The van der Waals surface area contributed by atoms with E-state index in [1.54, 1.807) is 23.1 Å². The zero-order chi connectivity index (χ0) is 27.5. The highest BCUT2D eigenvalue weighted by Gasteiger charge is 2.19. The number of amides is 2. The number of phenolic OH excluding ortho intramolecular Hbond substituents is 1. The van der Waals surface area contributed by atoms with E-state index >= 15 is 0 Å². The van der Waals surface area contributed by atoms with Crippen LogP contribution in [-0.4, -0.2) is 16.9 Å². The standard InChI is InChI=1S/C34H30N2O3/c1-22-4-14-29(15-5-22)36(30-16-6-23(2)7-17-30)33(38)20-25-8-12-28(13-9-25)35-34(39)27-10-18-31-24(3)32(37)19-11-26(31)21-27/h4-19,21,37H,20H2,1-3H3,(H,35,39). The Kier molecular flexibility index (Phi) is 7.15. The van der Waals surface area contributed by atoms with Gasteiger partial charge in [-0.2, -0.15) is 0 Å². The zero-order valence-electron chi connectivity index (χ0n) is 22.2. The molecule has 5 heteroatoms. The minimum atomic E-state index is -0.226. The number of aryl methyl sites for hydroxylation is 3. The maximum absolute atomic E-state index is 13.5. The molecule has 0 unspecified atom stereocenters. The number of nitrogens with one attached hydrogen (secondary N) is 1. The molecule has 0 aliphatic rings. The van der Waals surface area contributed by atoms with Gasteiger partial charge in [0.2, 0.25) is 5.91 Å². The van der Waals surface area contributed by atoms with Gasteiger partial charge in [-0.1, -0.05) is 59.7 Å². The number of carbonyl (C=O) groups is 2. The third-order valence-electron chi connectivity index (χ3n) is 6.92. The Labute approximate surface area is 228 Å². The first-order valence-electron chi connectivity index (χ1n) is 12.9. The first kappa shape index (κ1) is 25.7. The summed E-state index contributed by atoms with van der Waals surface area (Å²) < 4.78 is 0. The number of aromatic hydroxyl groups is 1. The molecule has 5 aromatic carbocycles. The van der Waals surface area contributed by atoms with Crippen molar-refractivity contribution in [3.8, 4) is 5.75 Å². The number of carbonyl (C=O) groups excluding carboxylic acids is 2. The van der Waals surface area contributed by atoms with E-state index in [0.717, 1.165) is 44.4 Å². The lowest BCUT2D eigenvalue weighted by atomic mass is 10.0. The van der Waals surface area contributed by atoms with E-state index in [2.05, 4.69) is 5.32 Å². The van der Waals surface area contributed by atoms with Crippen molar-refractivity contribution in [1.29, 1.82) is 0 Å². The molecule has 0 aliphatic heterocycles. The summed E-state index contributed by atoms with van der Waals surface area (Å²) in [6, 6.07) is 32.1. The Morgan fingerprint density at radius 2 is 1.31 bits per heavy atom. The van der Waals surface area contributed by atoms with E-state index in [4.69, 9.17) is 0 Å². The molecule has 0 spiro atoms. The molecule has 39 heavy (non-hydrogen) atoms. The molecule has 0 fully saturated rings. The molecule has 5 aromatic rings. The molecule has 2 N–H and O–H groups in total. The monoisotopic (exact) mass is 514 g/mol. The van der Waals surface area contributed by atoms with Crippen LogP contribution in [0.25, 0.3) is 10.8 Å². The van der Waals surface area contributed by atoms with Crippen LogP contribution in [0.2, 0.25) is 0 Å². The van der Waals surface area contributed by atoms with Gasteiger partial charge in [0.05, 0.1) is 6.42 Å². The van der Waals surface area contributed by atoms with Gasteiger partial charge in [-0.05, 0) is 97.3 Å². The number of nitrogens with zero attached hydrogens (tertiary/aromatic N) is 1. The van der Waals surface area contributed by atoms with E-state index in [-0.39, 0.29) is 24.0 Å². The topological polar surface area (TPSA) is 69.6 Å². The van der Waals surface area contributed by atoms with E-state index in [0.29, 0.717) is 11.3 Å². The van der Waals surface area contributed by atoms with Gasteiger partial charge in [-0.25, -0.2) is 0 Å². The Morgan fingerprint density at radius 1 is 0.718 bits per heavy atom. The molecular weight excluding hydrogens is 484 g/mol. The smallest absolute Gasteiger partial charge is 0.255 e. The van der Waals surface area contributed by atoms with Crippen molar-refractivity contribution in [2.24, 2.45) is 0 Å². The predicted molar refractivity (Wildman–Crippen MR) is 158 cm³/mol. The van der Waals surface area contributed by atoms with Crippen LogP contribution in [0.4, 0.5) is 17.1 Å². The molecule has 0 bridgehead atoms. The molecule has 5 rings (SSSR count). The van der Waals surface area contributed by atoms with Crippen molar-refractivity contribution >= 4 is 39.6 Å². The summed E-state index contributed by atoms with van der Waals surface area (Å²) in [6.45, 7) is 5.90. The molecule has 0 radical (unpaired) electrons. The largest absolute Gasteiger partial charge is 0.508 e. The molecule has 194 valence electrons. The molecule has 2 amide bonds. The number of benzene rings is 5. The zero-order valence-corrected chi connectivity index (χ0v) is 22.2. The van der Waals surface area contributed by atoms with Crippen molar-refractivity contribution < 1.29 is 14.7 Å². The van der Waals surface area contributed by atoms with Crippen molar-refractivity contribution in [3.05, 3.63) is 131 Å². The summed E-state index contributed by atoms with van der Waals surface area (Å²) in [5.74, 6) is -0.0347. The summed E-state index contributed by atoms with van der Waals surface area (Å²) >= 11 is 0. The number of phenols is 1. The van der Waals surface area contributed by atoms with Gasteiger partial charge in [0.25, 0.3) is 5.91 Å². The third-order valence-corrected chi connectivity index (χ3v) is 6.92. The van der Waals surface area contributed by atoms with Crippen LogP contribution >= 0.6 is 0 Å². The first-order valence-corrected chi connectivity index (χ1v) is 12.9. The van der Waals surface area contributed by atoms with Crippen LogP contribution in [0.3, 0.4) is 0 Å². The van der Waals surface area contributed by atoms with Gasteiger partial charge in [-0.15, -0.1) is 0 Å². The maximum atomic E-state index is 13.5. The maximum Gasteiger partial charge on any atom is 0.255 e. The number of fused-ring (bicyclic) bond motifs is 1. The second kappa shape index (κ2) is 10.8. The van der Waals surface area contributed by atoms with Crippen LogP contribution in [-0.2, 0) is 11.2 Å². The van der Waals surface area contributed by atoms with Gasteiger partial charge in [0, 0.05) is 22.6 Å². The quantitative estimate of drug-likeness (QED) is 0.245. The fraction of sp³-hybridized carbons (Fsp3) is 0.118. The molecular formula is C34H30N2O3. The number of hydrogen-bond donors (Lipinski definition) is 2. The highest BCUT2D eigenvalue weighted by atomic mass is 16.3. The van der Waals surface area contributed by atoms with E-state index < -0.39 is 0 Å². The summed E-state index contributed by atoms with van der Waals surface area (Å²) in [7, 11) is 0. The van der Waals surface area contributed by atoms with Gasteiger partial charge in [0.15, 0.2) is 0 Å². The third kappa shape index (κ3) is 5.68. The van der Waals surface area contributed by atoms with E-state index in [9.17, 15) is 14.7 Å². The minimum Gasteiger partial charge on any atom is -0.508 e. The normalized spacial score (nSPS) is 10.8. The lowest BCUT2D eigenvalue weighted by molar-refractivity contribution is -0.117. The average Bonchev–Trinajstić information content (AvgIpc) is 2.94. The van der Waals surface area contributed by atoms with Gasteiger partial charge < -0.3 is 10.4 Å². The Balaban J connectivity index is 1.31. The van der Waals surface area contributed by atoms with E-state index in [1.165, 1.54) is 0 Å². The average molecular weight is 515 g/mol. The van der Waals surface area contributed by atoms with Crippen molar-refractivity contribution in [2.75, 3.05) is 10.2 Å². The van der Waals surface area contributed by atoms with Crippen molar-refractivity contribution in [3.63, 3.8) is 0 Å².